The number of hydrogen-bond acceptors (Lipinski definition) is 3. The fourth-order valence-electron chi connectivity index (χ4n) is 2.63. The van der Waals surface area contributed by atoms with Crippen molar-refractivity contribution < 1.29 is 18.7 Å². The van der Waals surface area contributed by atoms with Gasteiger partial charge in [0.15, 0.2) is 11.6 Å². The number of hydrogen-bond donors (Lipinski definition) is 1. The summed E-state index contributed by atoms with van der Waals surface area (Å²) in [5.41, 5.74) is 0.414. The van der Waals surface area contributed by atoms with E-state index in [0.29, 0.717) is 31.6 Å². The summed E-state index contributed by atoms with van der Waals surface area (Å²) >= 11 is 0. The zero-order chi connectivity index (χ0) is 17.0. The summed E-state index contributed by atoms with van der Waals surface area (Å²) < 4.78 is 19.3. The van der Waals surface area contributed by atoms with Gasteiger partial charge in [-0.3, -0.25) is 9.59 Å². The molecule has 1 heterocycles. The van der Waals surface area contributed by atoms with Gasteiger partial charge in [0.1, 0.15) is 0 Å². The van der Waals surface area contributed by atoms with Crippen LogP contribution in [0.25, 0.3) is 0 Å². The van der Waals surface area contributed by atoms with Gasteiger partial charge in [-0.2, -0.15) is 0 Å². The van der Waals surface area contributed by atoms with Crippen LogP contribution in [-0.4, -0.2) is 35.9 Å². The van der Waals surface area contributed by atoms with Crippen molar-refractivity contribution in [1.82, 2.24) is 4.90 Å². The molecule has 1 N–H and O–H groups in total. The van der Waals surface area contributed by atoms with Crippen LogP contribution in [0.15, 0.2) is 18.2 Å². The van der Waals surface area contributed by atoms with Crippen LogP contribution in [0.1, 0.15) is 33.6 Å². The number of benzene rings is 1. The van der Waals surface area contributed by atoms with Gasteiger partial charge in [-0.25, -0.2) is 4.39 Å². The Kier molecular flexibility index (Phi) is 5.58. The number of halogens is 1. The molecule has 0 aliphatic carbocycles. The molecule has 2 rings (SSSR count). The minimum atomic E-state index is -0.497. The minimum Gasteiger partial charge on any atom is -0.488 e. The summed E-state index contributed by atoms with van der Waals surface area (Å²) in [6.07, 6.45) is 1.14. The molecule has 23 heavy (non-hydrogen) atoms. The molecule has 0 atom stereocenters. The predicted octanol–water partition coefficient (Wildman–Crippen LogP) is 2.81. The molecule has 0 aromatic heterocycles. The fraction of sp³-hybridized carbons (Fsp3) is 0.529. The normalized spacial score (nSPS) is 15.6. The molecule has 2 amide bonds. The number of anilines is 1. The van der Waals surface area contributed by atoms with Crippen LogP contribution in [-0.2, 0) is 9.59 Å². The van der Waals surface area contributed by atoms with E-state index in [4.69, 9.17) is 4.74 Å². The molecule has 1 saturated heterocycles. The second-order valence-electron chi connectivity index (χ2n) is 6.08. The first-order chi connectivity index (χ1) is 10.9. The van der Waals surface area contributed by atoms with Crippen molar-refractivity contribution in [2.45, 2.75) is 39.7 Å². The van der Waals surface area contributed by atoms with E-state index in [1.807, 2.05) is 13.8 Å². The first kappa shape index (κ1) is 17.2. The maximum absolute atomic E-state index is 13.9. The van der Waals surface area contributed by atoms with E-state index in [-0.39, 0.29) is 29.6 Å². The Bertz CT molecular complexity index is 581. The van der Waals surface area contributed by atoms with E-state index in [1.54, 1.807) is 11.0 Å². The van der Waals surface area contributed by atoms with E-state index in [0.717, 1.165) is 0 Å². The number of nitrogens with zero attached hydrogens (tertiary/aromatic N) is 1. The maximum Gasteiger partial charge on any atom is 0.227 e. The summed E-state index contributed by atoms with van der Waals surface area (Å²) in [5, 5.41) is 2.74. The lowest BCUT2D eigenvalue weighted by atomic mass is 9.96. The Morgan fingerprint density at radius 3 is 2.48 bits per heavy atom. The highest BCUT2D eigenvalue weighted by Crippen LogP contribution is 2.24. The van der Waals surface area contributed by atoms with Crippen LogP contribution < -0.4 is 10.1 Å². The molecule has 1 fully saturated rings. The van der Waals surface area contributed by atoms with Gasteiger partial charge in [-0.05, 0) is 38.8 Å². The van der Waals surface area contributed by atoms with Crippen molar-refractivity contribution in [3.63, 3.8) is 0 Å². The second-order valence-corrected chi connectivity index (χ2v) is 6.08. The van der Waals surface area contributed by atoms with Gasteiger partial charge < -0.3 is 15.0 Å². The fourth-order valence-corrected chi connectivity index (χ4v) is 2.63. The Morgan fingerprint density at radius 2 is 1.96 bits per heavy atom. The predicted molar refractivity (Wildman–Crippen MR) is 85.8 cm³/mol. The van der Waals surface area contributed by atoms with Gasteiger partial charge in [-0.15, -0.1) is 0 Å². The molecular weight excluding hydrogens is 299 g/mol. The standard InChI is InChI=1S/C17H23FN2O3/c1-11(2)23-16-5-4-14(10-15(16)18)19-17(22)13-6-8-20(9-7-13)12(3)21/h4-5,10-11,13H,6-9H2,1-3H3,(H,19,22). The van der Waals surface area contributed by atoms with Crippen LogP contribution >= 0.6 is 0 Å². The Labute approximate surface area is 135 Å². The quantitative estimate of drug-likeness (QED) is 0.927. The molecule has 126 valence electrons. The molecule has 0 unspecified atom stereocenters. The third kappa shape index (κ3) is 4.68. The van der Waals surface area contributed by atoms with E-state index in [1.165, 1.54) is 19.1 Å². The zero-order valence-electron chi connectivity index (χ0n) is 13.8. The third-order valence-electron chi connectivity index (χ3n) is 3.87. The highest BCUT2D eigenvalue weighted by atomic mass is 19.1. The van der Waals surface area contributed by atoms with Crippen molar-refractivity contribution in [3.8, 4) is 5.75 Å². The monoisotopic (exact) mass is 322 g/mol. The molecule has 1 aromatic rings. The molecule has 5 nitrogen and oxygen atoms in total. The van der Waals surface area contributed by atoms with Gasteiger partial charge in [0.25, 0.3) is 0 Å². The lowest BCUT2D eigenvalue weighted by molar-refractivity contribution is -0.132. The van der Waals surface area contributed by atoms with Gasteiger partial charge in [0, 0.05) is 37.7 Å². The van der Waals surface area contributed by atoms with Crippen LogP contribution in [0.4, 0.5) is 10.1 Å². The largest absolute Gasteiger partial charge is 0.488 e. The number of piperidine rings is 1. The van der Waals surface area contributed by atoms with Crippen molar-refractivity contribution in [3.05, 3.63) is 24.0 Å². The summed E-state index contributed by atoms with van der Waals surface area (Å²) in [4.78, 5) is 25.3. The average Bonchev–Trinajstić information content (AvgIpc) is 2.49. The SMILES string of the molecule is CC(=O)N1CCC(C(=O)Nc2ccc(OC(C)C)c(F)c2)CC1. The second kappa shape index (κ2) is 7.44. The first-order valence-corrected chi connectivity index (χ1v) is 7.89. The van der Waals surface area contributed by atoms with Crippen molar-refractivity contribution in [2.75, 3.05) is 18.4 Å². The molecule has 0 bridgehead atoms. The Balaban J connectivity index is 1.93. The highest BCUT2D eigenvalue weighted by Gasteiger charge is 2.26. The number of likely N-dealkylation sites (tertiary alicyclic amines) is 1. The molecule has 1 aromatic carbocycles. The van der Waals surface area contributed by atoms with Crippen LogP contribution in [0, 0.1) is 11.7 Å². The molecule has 6 heteroatoms. The topological polar surface area (TPSA) is 58.6 Å². The van der Waals surface area contributed by atoms with Crippen LogP contribution in [0.3, 0.4) is 0 Å². The summed E-state index contributed by atoms with van der Waals surface area (Å²) in [6, 6.07) is 4.41. The van der Waals surface area contributed by atoms with Crippen molar-refractivity contribution in [1.29, 1.82) is 0 Å². The lowest BCUT2D eigenvalue weighted by Gasteiger charge is -2.30. The van der Waals surface area contributed by atoms with Crippen molar-refractivity contribution >= 4 is 17.5 Å². The van der Waals surface area contributed by atoms with Gasteiger partial charge in [-0.1, -0.05) is 0 Å². The number of carbonyl (C=O) groups excluding carboxylic acids is 2. The minimum absolute atomic E-state index is 0.0340. The molecule has 1 aliphatic rings. The first-order valence-electron chi connectivity index (χ1n) is 7.89. The maximum atomic E-state index is 13.9. The Morgan fingerprint density at radius 1 is 1.30 bits per heavy atom. The number of nitrogens with one attached hydrogen (secondary N) is 1. The summed E-state index contributed by atoms with van der Waals surface area (Å²) in [6.45, 7) is 6.35. The summed E-state index contributed by atoms with van der Waals surface area (Å²) in [5.74, 6) is -0.576. The molecule has 0 spiro atoms. The Hall–Kier alpha value is -2.11. The van der Waals surface area contributed by atoms with E-state index >= 15 is 0 Å². The van der Waals surface area contributed by atoms with Crippen LogP contribution in [0.2, 0.25) is 0 Å². The molecule has 0 saturated carbocycles. The summed E-state index contributed by atoms with van der Waals surface area (Å²) in [7, 11) is 0. The lowest BCUT2D eigenvalue weighted by Crippen LogP contribution is -2.40. The third-order valence-corrected chi connectivity index (χ3v) is 3.87. The van der Waals surface area contributed by atoms with E-state index in [9.17, 15) is 14.0 Å². The number of rotatable bonds is 4. The zero-order valence-corrected chi connectivity index (χ0v) is 13.8. The number of ether oxygens (including phenoxy) is 1. The number of carbonyl (C=O) groups is 2. The van der Waals surface area contributed by atoms with Crippen molar-refractivity contribution in [2.24, 2.45) is 5.92 Å². The molecule has 0 radical (unpaired) electrons. The van der Waals surface area contributed by atoms with E-state index in [2.05, 4.69) is 5.32 Å². The smallest absolute Gasteiger partial charge is 0.227 e. The highest BCUT2D eigenvalue weighted by molar-refractivity contribution is 5.92. The number of amides is 2. The van der Waals surface area contributed by atoms with Crippen LogP contribution in [0.5, 0.6) is 5.75 Å². The van der Waals surface area contributed by atoms with Gasteiger partial charge in [0.05, 0.1) is 6.10 Å². The molecular formula is C17H23FN2O3. The van der Waals surface area contributed by atoms with E-state index < -0.39 is 5.82 Å². The van der Waals surface area contributed by atoms with Gasteiger partial charge in [0.2, 0.25) is 11.8 Å². The van der Waals surface area contributed by atoms with Gasteiger partial charge >= 0.3 is 0 Å². The average molecular weight is 322 g/mol. The molecule has 1 aliphatic heterocycles.